The van der Waals surface area contributed by atoms with E-state index in [9.17, 15) is 10.1 Å². The Morgan fingerprint density at radius 3 is 2.86 bits per heavy atom. The summed E-state index contributed by atoms with van der Waals surface area (Å²) in [5.41, 5.74) is 5.38. The second-order valence-corrected chi connectivity index (χ2v) is 6.66. The number of hydrogen-bond acceptors (Lipinski definition) is 6. The van der Waals surface area contributed by atoms with Gasteiger partial charge in [-0.1, -0.05) is 0 Å². The predicted octanol–water partition coefficient (Wildman–Crippen LogP) is 3.31. The van der Waals surface area contributed by atoms with Crippen LogP contribution in [0.1, 0.15) is 32.7 Å². The number of nitrogens with zero attached hydrogens (tertiary/aromatic N) is 5. The summed E-state index contributed by atoms with van der Waals surface area (Å²) in [6.07, 6.45) is 4.00. The molecule has 138 valence electrons. The van der Waals surface area contributed by atoms with E-state index in [4.69, 9.17) is 0 Å². The highest BCUT2D eigenvalue weighted by Gasteiger charge is 2.26. The first-order valence-corrected chi connectivity index (χ1v) is 8.94. The normalized spacial score (nSPS) is 12.4. The number of rotatable bonds is 3. The Labute approximate surface area is 162 Å². The van der Waals surface area contributed by atoms with Gasteiger partial charge in [0.25, 0.3) is 5.91 Å². The van der Waals surface area contributed by atoms with Crippen LogP contribution in [-0.4, -0.2) is 27.6 Å². The molecule has 2 aromatic heterocycles. The van der Waals surface area contributed by atoms with Crippen LogP contribution in [-0.2, 0) is 6.42 Å². The van der Waals surface area contributed by atoms with Crippen LogP contribution in [0.5, 0.6) is 0 Å². The molecule has 0 spiro atoms. The lowest BCUT2D eigenvalue weighted by atomic mass is 10.1. The maximum Gasteiger partial charge on any atom is 0.259 e. The molecule has 1 amide bonds. The Hall–Kier alpha value is -3.79. The Bertz CT molecular complexity index is 1100. The Balaban J connectivity index is 1.61. The Morgan fingerprint density at radius 1 is 1.25 bits per heavy atom. The van der Waals surface area contributed by atoms with Crippen LogP contribution in [0.3, 0.4) is 0 Å². The number of aromatic nitrogens is 3. The second kappa shape index (κ2) is 7.08. The maximum atomic E-state index is 12.8. The van der Waals surface area contributed by atoms with Gasteiger partial charge in [0.2, 0.25) is 0 Å². The molecule has 28 heavy (non-hydrogen) atoms. The summed E-state index contributed by atoms with van der Waals surface area (Å²) >= 11 is 0. The minimum absolute atomic E-state index is 0.0562. The molecule has 3 heterocycles. The van der Waals surface area contributed by atoms with Gasteiger partial charge in [0.05, 0.1) is 11.3 Å². The molecule has 7 heteroatoms. The van der Waals surface area contributed by atoms with Crippen molar-refractivity contribution >= 4 is 23.1 Å². The number of fused-ring (bicyclic) bond motifs is 1. The lowest BCUT2D eigenvalue weighted by Crippen LogP contribution is -2.28. The number of anilines is 3. The van der Waals surface area contributed by atoms with E-state index in [1.165, 1.54) is 0 Å². The monoisotopic (exact) mass is 370 g/mol. The second-order valence-electron chi connectivity index (χ2n) is 6.66. The highest BCUT2D eigenvalue weighted by molar-refractivity contribution is 6.07. The minimum Gasteiger partial charge on any atom is -0.338 e. The van der Waals surface area contributed by atoms with E-state index in [1.54, 1.807) is 29.4 Å². The summed E-state index contributed by atoms with van der Waals surface area (Å²) in [4.78, 5) is 18.6. The van der Waals surface area contributed by atoms with E-state index >= 15 is 0 Å². The van der Waals surface area contributed by atoms with Crippen LogP contribution in [0, 0.1) is 25.2 Å². The molecule has 0 atom stereocenters. The number of nitriles is 1. The van der Waals surface area contributed by atoms with Gasteiger partial charge in [-0.25, -0.2) is 0 Å². The van der Waals surface area contributed by atoms with E-state index in [1.807, 2.05) is 32.0 Å². The van der Waals surface area contributed by atoms with Gasteiger partial charge in [-0.05, 0) is 61.7 Å². The molecule has 0 saturated carbocycles. The first-order chi connectivity index (χ1) is 13.6. The number of carbonyl (C=O) groups is 1. The molecule has 0 fully saturated rings. The van der Waals surface area contributed by atoms with Crippen molar-refractivity contribution in [3.05, 3.63) is 70.7 Å². The van der Waals surface area contributed by atoms with Crippen molar-refractivity contribution in [1.82, 2.24) is 15.2 Å². The van der Waals surface area contributed by atoms with Crippen molar-refractivity contribution in [3.63, 3.8) is 0 Å². The van der Waals surface area contributed by atoms with Crippen LogP contribution in [0.15, 0.2) is 42.7 Å². The highest BCUT2D eigenvalue weighted by atomic mass is 16.2. The van der Waals surface area contributed by atoms with Crippen LogP contribution < -0.4 is 10.2 Å². The zero-order valence-electron chi connectivity index (χ0n) is 15.6. The molecular formula is C21H18N6O. The molecule has 0 unspecified atom stereocenters. The average molecular weight is 370 g/mol. The fourth-order valence-corrected chi connectivity index (χ4v) is 3.31. The lowest BCUT2D eigenvalue weighted by Gasteiger charge is -2.17. The molecule has 7 nitrogen and oxygen atoms in total. The summed E-state index contributed by atoms with van der Waals surface area (Å²) in [7, 11) is 0. The van der Waals surface area contributed by atoms with Gasteiger partial charge in [-0.15, -0.1) is 5.10 Å². The molecule has 0 aliphatic carbocycles. The van der Waals surface area contributed by atoms with Crippen LogP contribution in [0.25, 0.3) is 0 Å². The quantitative estimate of drug-likeness (QED) is 0.760. The van der Waals surface area contributed by atoms with Gasteiger partial charge in [0.1, 0.15) is 11.6 Å². The van der Waals surface area contributed by atoms with Crippen molar-refractivity contribution < 1.29 is 4.79 Å². The van der Waals surface area contributed by atoms with Crippen molar-refractivity contribution in [2.45, 2.75) is 20.3 Å². The lowest BCUT2D eigenvalue weighted by molar-refractivity contribution is 0.0989. The minimum atomic E-state index is -0.0562. The third-order valence-electron chi connectivity index (χ3n) is 4.96. The summed E-state index contributed by atoms with van der Waals surface area (Å²) < 4.78 is 0. The van der Waals surface area contributed by atoms with E-state index in [0.717, 1.165) is 34.6 Å². The number of nitrogens with one attached hydrogen (secondary N) is 1. The molecule has 0 bridgehead atoms. The van der Waals surface area contributed by atoms with Gasteiger partial charge >= 0.3 is 0 Å². The number of carbonyl (C=O) groups excluding carboxylic acids is 1. The number of benzene rings is 1. The van der Waals surface area contributed by atoms with Crippen LogP contribution in [0.2, 0.25) is 0 Å². The Kier molecular flexibility index (Phi) is 4.45. The SMILES string of the molecule is Cc1nnc(Nc2ccc3c(c2)CCN3C(=O)c2cccnc2)c(C#N)c1C. The molecular weight excluding hydrogens is 352 g/mol. The molecule has 1 N–H and O–H groups in total. The van der Waals surface area contributed by atoms with Crippen molar-refractivity contribution in [3.8, 4) is 6.07 Å². The zero-order chi connectivity index (χ0) is 19.7. The highest BCUT2D eigenvalue weighted by Crippen LogP contribution is 2.32. The van der Waals surface area contributed by atoms with Gasteiger partial charge in [0.15, 0.2) is 5.82 Å². The molecule has 1 aliphatic rings. The van der Waals surface area contributed by atoms with Crippen molar-refractivity contribution in [1.29, 1.82) is 5.26 Å². The smallest absolute Gasteiger partial charge is 0.259 e. The van der Waals surface area contributed by atoms with Crippen molar-refractivity contribution in [2.24, 2.45) is 0 Å². The zero-order valence-corrected chi connectivity index (χ0v) is 15.6. The average Bonchev–Trinajstić information content (AvgIpc) is 3.14. The summed E-state index contributed by atoms with van der Waals surface area (Å²) in [6.45, 7) is 4.31. The Morgan fingerprint density at radius 2 is 2.11 bits per heavy atom. The van der Waals surface area contributed by atoms with Crippen molar-refractivity contribution in [2.75, 3.05) is 16.8 Å². The van der Waals surface area contributed by atoms with Gasteiger partial charge in [0, 0.05) is 30.3 Å². The predicted molar refractivity (Wildman–Crippen MR) is 106 cm³/mol. The van der Waals surface area contributed by atoms with E-state index < -0.39 is 0 Å². The summed E-state index contributed by atoms with van der Waals surface area (Å²) in [5.74, 6) is 0.381. The van der Waals surface area contributed by atoms with Gasteiger partial charge in [-0.3, -0.25) is 9.78 Å². The standard InChI is InChI=1S/C21H18N6O/c1-13-14(2)25-26-20(18(13)11-22)24-17-5-6-19-15(10-17)7-9-27(19)21(28)16-4-3-8-23-12-16/h3-6,8,10,12H,7,9H2,1-2H3,(H,24,26). The van der Waals surface area contributed by atoms with E-state index in [-0.39, 0.29) is 5.91 Å². The third kappa shape index (κ3) is 3.05. The fraction of sp³-hybridized carbons (Fsp3) is 0.190. The fourth-order valence-electron chi connectivity index (χ4n) is 3.31. The first-order valence-electron chi connectivity index (χ1n) is 8.94. The maximum absolute atomic E-state index is 12.8. The van der Waals surface area contributed by atoms with Crippen LogP contribution in [0.4, 0.5) is 17.2 Å². The molecule has 4 rings (SSSR count). The molecule has 0 radical (unpaired) electrons. The number of amides is 1. The molecule has 1 aliphatic heterocycles. The van der Waals surface area contributed by atoms with E-state index in [2.05, 4.69) is 26.6 Å². The van der Waals surface area contributed by atoms with E-state index in [0.29, 0.717) is 23.5 Å². The summed E-state index contributed by atoms with van der Waals surface area (Å²) in [6, 6.07) is 11.5. The largest absolute Gasteiger partial charge is 0.338 e. The first kappa shape index (κ1) is 17.6. The topological polar surface area (TPSA) is 94.8 Å². The molecule has 0 saturated heterocycles. The number of pyridine rings is 1. The molecule has 3 aromatic rings. The van der Waals surface area contributed by atoms with Gasteiger partial charge in [-0.2, -0.15) is 10.4 Å². The number of aryl methyl sites for hydroxylation is 1. The molecule has 1 aromatic carbocycles. The third-order valence-corrected chi connectivity index (χ3v) is 4.96. The summed E-state index contributed by atoms with van der Waals surface area (Å²) in [5, 5.41) is 20.9. The number of hydrogen-bond donors (Lipinski definition) is 1. The van der Waals surface area contributed by atoms with Gasteiger partial charge < -0.3 is 10.2 Å². The van der Waals surface area contributed by atoms with Crippen LogP contribution >= 0.6 is 0 Å².